The number of hydrogen-bond acceptors (Lipinski definition) is 1. The Morgan fingerprint density at radius 2 is 2.00 bits per heavy atom. The number of hydrogen-bond donors (Lipinski definition) is 1. The SMILES string of the molecule is C=C/C(C)=C\C=C(/C)NC=NC. The maximum atomic E-state index is 3.81. The van der Waals surface area contributed by atoms with E-state index < -0.39 is 0 Å². The molecule has 0 spiro atoms. The van der Waals surface area contributed by atoms with E-state index in [2.05, 4.69) is 16.9 Å². The predicted octanol–water partition coefficient (Wildman–Crippen LogP) is 2.27. The fourth-order valence-corrected chi connectivity index (χ4v) is 0.539. The van der Waals surface area contributed by atoms with Gasteiger partial charge in [0.2, 0.25) is 0 Å². The zero-order valence-corrected chi connectivity index (χ0v) is 7.96. The van der Waals surface area contributed by atoms with Gasteiger partial charge < -0.3 is 5.32 Å². The lowest BCUT2D eigenvalue weighted by Gasteiger charge is -1.96. The Balaban J connectivity index is 4.08. The lowest BCUT2D eigenvalue weighted by molar-refractivity contribution is 1.13. The van der Waals surface area contributed by atoms with Crippen molar-refractivity contribution in [3.63, 3.8) is 0 Å². The number of allylic oxidation sites excluding steroid dienone is 5. The molecular weight excluding hydrogens is 148 g/mol. The van der Waals surface area contributed by atoms with Crippen LogP contribution in [0.25, 0.3) is 0 Å². The number of nitrogens with zero attached hydrogens (tertiary/aromatic N) is 1. The molecule has 66 valence electrons. The van der Waals surface area contributed by atoms with Gasteiger partial charge in [-0.2, -0.15) is 0 Å². The normalized spacial score (nSPS) is 13.6. The van der Waals surface area contributed by atoms with Gasteiger partial charge in [-0.3, -0.25) is 4.99 Å². The summed E-state index contributed by atoms with van der Waals surface area (Å²) in [4.78, 5) is 3.81. The molecule has 0 fully saturated rings. The number of nitrogens with one attached hydrogen (secondary N) is 1. The Morgan fingerprint density at radius 1 is 1.33 bits per heavy atom. The van der Waals surface area contributed by atoms with Crippen molar-refractivity contribution < 1.29 is 0 Å². The molecular formula is C10H16N2. The van der Waals surface area contributed by atoms with Crippen molar-refractivity contribution in [3.8, 4) is 0 Å². The Hall–Kier alpha value is -1.31. The van der Waals surface area contributed by atoms with Crippen molar-refractivity contribution in [2.45, 2.75) is 13.8 Å². The van der Waals surface area contributed by atoms with Crippen molar-refractivity contribution >= 4 is 6.34 Å². The summed E-state index contributed by atoms with van der Waals surface area (Å²) in [6, 6.07) is 0. The molecule has 0 aliphatic heterocycles. The van der Waals surface area contributed by atoms with Crippen LogP contribution in [0.1, 0.15) is 13.8 Å². The van der Waals surface area contributed by atoms with Gasteiger partial charge in [0.1, 0.15) is 0 Å². The molecule has 0 saturated heterocycles. The van der Waals surface area contributed by atoms with E-state index in [1.54, 1.807) is 13.4 Å². The zero-order chi connectivity index (χ0) is 9.40. The molecule has 12 heavy (non-hydrogen) atoms. The zero-order valence-electron chi connectivity index (χ0n) is 7.96. The second-order valence-corrected chi connectivity index (χ2v) is 2.50. The monoisotopic (exact) mass is 164 g/mol. The van der Waals surface area contributed by atoms with Gasteiger partial charge in [0.25, 0.3) is 0 Å². The lowest BCUT2D eigenvalue weighted by Crippen LogP contribution is -2.06. The highest BCUT2D eigenvalue weighted by atomic mass is 14.9. The van der Waals surface area contributed by atoms with Crippen LogP contribution in [0.5, 0.6) is 0 Å². The molecule has 2 heteroatoms. The van der Waals surface area contributed by atoms with Crippen LogP contribution in [-0.4, -0.2) is 13.4 Å². The fraction of sp³-hybridized carbons (Fsp3) is 0.300. The molecule has 0 aliphatic rings. The first-order valence-electron chi connectivity index (χ1n) is 3.85. The van der Waals surface area contributed by atoms with Gasteiger partial charge in [-0.1, -0.05) is 24.3 Å². The van der Waals surface area contributed by atoms with E-state index in [0.717, 1.165) is 11.3 Å². The highest BCUT2D eigenvalue weighted by Crippen LogP contribution is 1.94. The van der Waals surface area contributed by atoms with Crippen LogP contribution < -0.4 is 5.32 Å². The van der Waals surface area contributed by atoms with Gasteiger partial charge in [-0.25, -0.2) is 0 Å². The maximum absolute atomic E-state index is 3.81. The molecule has 0 amide bonds. The van der Waals surface area contributed by atoms with Gasteiger partial charge in [-0.05, 0) is 19.9 Å². The molecule has 0 aromatic heterocycles. The Labute approximate surface area is 74.4 Å². The topological polar surface area (TPSA) is 24.4 Å². The summed E-state index contributed by atoms with van der Waals surface area (Å²) in [5, 5.41) is 3.00. The second-order valence-electron chi connectivity index (χ2n) is 2.50. The van der Waals surface area contributed by atoms with Crippen molar-refractivity contribution in [1.82, 2.24) is 5.32 Å². The summed E-state index contributed by atoms with van der Waals surface area (Å²) < 4.78 is 0. The first-order valence-corrected chi connectivity index (χ1v) is 3.85. The Kier molecular flexibility index (Phi) is 5.70. The van der Waals surface area contributed by atoms with E-state index in [1.807, 2.05) is 32.1 Å². The smallest absolute Gasteiger partial charge is 0.0861 e. The van der Waals surface area contributed by atoms with E-state index in [1.165, 1.54) is 0 Å². The van der Waals surface area contributed by atoms with Crippen LogP contribution in [0.2, 0.25) is 0 Å². The third-order valence-electron chi connectivity index (χ3n) is 1.34. The van der Waals surface area contributed by atoms with E-state index in [0.29, 0.717) is 0 Å². The third-order valence-corrected chi connectivity index (χ3v) is 1.34. The molecule has 0 saturated carbocycles. The van der Waals surface area contributed by atoms with E-state index in [-0.39, 0.29) is 0 Å². The van der Waals surface area contributed by atoms with Crippen LogP contribution in [-0.2, 0) is 0 Å². The van der Waals surface area contributed by atoms with Crippen molar-refractivity contribution in [1.29, 1.82) is 0 Å². The van der Waals surface area contributed by atoms with Crippen LogP contribution >= 0.6 is 0 Å². The van der Waals surface area contributed by atoms with E-state index in [4.69, 9.17) is 0 Å². The second kappa shape index (κ2) is 6.40. The molecule has 0 unspecified atom stereocenters. The summed E-state index contributed by atoms with van der Waals surface area (Å²) in [5.41, 5.74) is 2.20. The third kappa shape index (κ3) is 5.47. The number of rotatable bonds is 4. The summed E-state index contributed by atoms with van der Waals surface area (Å²) >= 11 is 0. The quantitative estimate of drug-likeness (QED) is 0.385. The van der Waals surface area contributed by atoms with Crippen LogP contribution in [0.3, 0.4) is 0 Å². The van der Waals surface area contributed by atoms with E-state index in [9.17, 15) is 0 Å². The molecule has 0 radical (unpaired) electrons. The van der Waals surface area contributed by atoms with Crippen molar-refractivity contribution in [2.24, 2.45) is 4.99 Å². The molecule has 0 aromatic carbocycles. The highest BCUT2D eigenvalue weighted by Gasteiger charge is 1.80. The van der Waals surface area contributed by atoms with Crippen molar-refractivity contribution in [2.75, 3.05) is 7.05 Å². The van der Waals surface area contributed by atoms with Gasteiger partial charge in [-0.15, -0.1) is 0 Å². The van der Waals surface area contributed by atoms with Gasteiger partial charge in [0, 0.05) is 12.7 Å². The Bertz CT molecular complexity index is 222. The number of aliphatic imine (C=N–C) groups is 1. The predicted molar refractivity (Wildman–Crippen MR) is 55.3 cm³/mol. The minimum atomic E-state index is 1.06. The average Bonchev–Trinajstić information content (AvgIpc) is 2.10. The van der Waals surface area contributed by atoms with E-state index >= 15 is 0 Å². The molecule has 2 nitrogen and oxygen atoms in total. The largest absolute Gasteiger partial charge is 0.350 e. The first kappa shape index (κ1) is 10.7. The highest BCUT2D eigenvalue weighted by molar-refractivity contribution is 5.56. The Morgan fingerprint density at radius 3 is 2.50 bits per heavy atom. The fourth-order valence-electron chi connectivity index (χ4n) is 0.539. The molecule has 0 rings (SSSR count). The average molecular weight is 164 g/mol. The minimum absolute atomic E-state index is 1.06. The first-order chi connectivity index (χ1) is 5.70. The summed E-state index contributed by atoms with van der Waals surface area (Å²) in [6.45, 7) is 7.64. The van der Waals surface area contributed by atoms with Gasteiger partial charge in [0.15, 0.2) is 0 Å². The van der Waals surface area contributed by atoms with Crippen LogP contribution in [0.15, 0.2) is 41.1 Å². The van der Waals surface area contributed by atoms with Gasteiger partial charge in [0.05, 0.1) is 6.34 Å². The van der Waals surface area contributed by atoms with Crippen LogP contribution in [0, 0.1) is 0 Å². The standard InChI is InChI=1S/C10H16N2/c1-5-9(2)6-7-10(3)12-8-11-4/h5-8H,1H2,2-4H3,(H,11,12)/b9-6-,10-7+. The minimum Gasteiger partial charge on any atom is -0.350 e. The summed E-state index contributed by atoms with van der Waals surface area (Å²) in [5.74, 6) is 0. The molecule has 0 aromatic rings. The summed E-state index contributed by atoms with van der Waals surface area (Å²) in [6.07, 6.45) is 7.46. The molecule has 0 atom stereocenters. The summed E-state index contributed by atoms with van der Waals surface area (Å²) in [7, 11) is 1.73. The lowest BCUT2D eigenvalue weighted by atomic mass is 10.2. The molecule has 0 aliphatic carbocycles. The maximum Gasteiger partial charge on any atom is 0.0861 e. The molecule has 0 bridgehead atoms. The van der Waals surface area contributed by atoms with Crippen molar-refractivity contribution in [3.05, 3.63) is 36.1 Å². The van der Waals surface area contributed by atoms with Gasteiger partial charge >= 0.3 is 0 Å². The molecule has 0 heterocycles. The van der Waals surface area contributed by atoms with Crippen LogP contribution in [0.4, 0.5) is 0 Å². The molecule has 1 N–H and O–H groups in total.